The van der Waals surface area contributed by atoms with E-state index in [1.165, 1.54) is 6.07 Å². The smallest absolute Gasteiger partial charge is 0.478 e. The van der Waals surface area contributed by atoms with Crippen LogP contribution in [0.2, 0.25) is 0 Å². The summed E-state index contributed by atoms with van der Waals surface area (Å²) >= 11 is 2.81. The average Bonchev–Trinajstić information content (AvgIpc) is 2.08. The van der Waals surface area contributed by atoms with Gasteiger partial charge in [-0.15, -0.1) is 0 Å². The van der Waals surface area contributed by atoms with E-state index in [1.807, 2.05) is 0 Å². The maximum atomic E-state index is 13.2. The zero-order valence-corrected chi connectivity index (χ0v) is 8.32. The van der Waals surface area contributed by atoms with Crippen molar-refractivity contribution in [1.82, 2.24) is 0 Å². The maximum Gasteiger partial charge on any atom is 0.492 e. The number of hydrogen-bond donors (Lipinski definition) is 3. The first kappa shape index (κ1) is 11.2. The van der Waals surface area contributed by atoms with Crippen molar-refractivity contribution in [2.24, 2.45) is 0 Å². The van der Waals surface area contributed by atoms with Gasteiger partial charge in [0.1, 0.15) is 5.82 Å². The Labute approximate surface area is 87.3 Å². The van der Waals surface area contributed by atoms with Gasteiger partial charge in [0, 0.05) is 5.46 Å². The minimum Gasteiger partial charge on any atom is -0.478 e. The molecule has 0 aromatic heterocycles. The largest absolute Gasteiger partial charge is 0.492 e. The van der Waals surface area contributed by atoms with Gasteiger partial charge in [-0.25, -0.2) is 9.18 Å². The van der Waals surface area contributed by atoms with Crippen molar-refractivity contribution in [3.8, 4) is 0 Å². The van der Waals surface area contributed by atoms with Gasteiger partial charge in [-0.3, -0.25) is 0 Å². The van der Waals surface area contributed by atoms with Crippen LogP contribution < -0.4 is 5.46 Å². The van der Waals surface area contributed by atoms with Crippen LogP contribution in [-0.2, 0) is 0 Å². The number of benzene rings is 1. The Morgan fingerprint density at radius 2 is 2.00 bits per heavy atom. The number of carboxylic acids is 1. The minimum absolute atomic E-state index is 0.0226. The molecule has 0 atom stereocenters. The minimum atomic E-state index is -2.15. The van der Waals surface area contributed by atoms with E-state index in [2.05, 4.69) is 15.9 Å². The second-order valence-corrected chi connectivity index (χ2v) is 3.36. The summed E-state index contributed by atoms with van der Waals surface area (Å²) < 4.78 is 13.2. The summed E-state index contributed by atoms with van der Waals surface area (Å²) in [5.41, 5.74) is -1.12. The van der Waals surface area contributed by atoms with E-state index in [-0.39, 0.29) is 4.47 Å². The molecule has 0 amide bonds. The summed E-state index contributed by atoms with van der Waals surface area (Å²) in [4.78, 5) is 10.6. The molecular formula is C7H5BBrFO4. The molecule has 1 aromatic carbocycles. The third-order valence-corrected chi connectivity index (χ3v) is 2.23. The number of carbonyl (C=O) groups is 1. The Balaban J connectivity index is 3.45. The fourth-order valence-corrected chi connectivity index (χ4v) is 1.35. The third-order valence-electron chi connectivity index (χ3n) is 1.62. The van der Waals surface area contributed by atoms with E-state index < -0.39 is 29.9 Å². The molecule has 0 aliphatic carbocycles. The van der Waals surface area contributed by atoms with Crippen LogP contribution in [0.15, 0.2) is 16.6 Å². The molecular weight excluding hydrogens is 258 g/mol. The van der Waals surface area contributed by atoms with Gasteiger partial charge in [0.15, 0.2) is 0 Å². The van der Waals surface area contributed by atoms with Crippen molar-refractivity contribution in [3.05, 3.63) is 28.0 Å². The van der Waals surface area contributed by atoms with Gasteiger partial charge in [0.25, 0.3) is 0 Å². The summed E-state index contributed by atoms with van der Waals surface area (Å²) in [5.74, 6) is -2.40. The van der Waals surface area contributed by atoms with E-state index in [0.717, 1.165) is 6.07 Å². The number of aromatic carboxylic acids is 1. The van der Waals surface area contributed by atoms with Gasteiger partial charge < -0.3 is 15.2 Å². The second-order valence-electron chi connectivity index (χ2n) is 2.50. The quantitative estimate of drug-likeness (QED) is 0.654. The Morgan fingerprint density at radius 3 is 2.43 bits per heavy atom. The number of halogens is 2. The molecule has 7 heteroatoms. The average molecular weight is 263 g/mol. The van der Waals surface area contributed by atoms with Crippen LogP contribution in [0, 0.1) is 5.82 Å². The SMILES string of the molecule is O=C(O)c1ccc(Br)c(F)c1B(O)O. The Morgan fingerprint density at radius 1 is 1.43 bits per heavy atom. The molecule has 1 rings (SSSR count). The zero-order valence-electron chi connectivity index (χ0n) is 6.74. The summed E-state index contributed by atoms with van der Waals surface area (Å²) in [6.45, 7) is 0. The van der Waals surface area contributed by atoms with Crippen LogP contribution in [0.5, 0.6) is 0 Å². The molecule has 0 saturated carbocycles. The first-order chi connectivity index (χ1) is 6.45. The van der Waals surface area contributed by atoms with Crippen LogP contribution in [-0.4, -0.2) is 28.2 Å². The van der Waals surface area contributed by atoms with Crippen molar-refractivity contribution < 1.29 is 24.3 Å². The first-order valence-corrected chi connectivity index (χ1v) is 4.31. The van der Waals surface area contributed by atoms with E-state index >= 15 is 0 Å². The highest BCUT2D eigenvalue weighted by Crippen LogP contribution is 2.15. The molecule has 74 valence electrons. The van der Waals surface area contributed by atoms with Crippen LogP contribution in [0.25, 0.3) is 0 Å². The van der Waals surface area contributed by atoms with Gasteiger partial charge in [-0.2, -0.15) is 0 Å². The van der Waals surface area contributed by atoms with Crippen LogP contribution >= 0.6 is 15.9 Å². The Bertz CT molecular complexity index is 382. The van der Waals surface area contributed by atoms with Crippen molar-refractivity contribution in [2.75, 3.05) is 0 Å². The topological polar surface area (TPSA) is 77.8 Å². The van der Waals surface area contributed by atoms with E-state index in [1.54, 1.807) is 0 Å². The highest BCUT2D eigenvalue weighted by atomic mass is 79.9. The monoisotopic (exact) mass is 262 g/mol. The van der Waals surface area contributed by atoms with E-state index in [4.69, 9.17) is 15.2 Å². The predicted octanol–water partition coefficient (Wildman–Crippen LogP) is -0.0338. The lowest BCUT2D eigenvalue weighted by molar-refractivity contribution is 0.0697. The predicted molar refractivity (Wildman–Crippen MR) is 50.9 cm³/mol. The lowest BCUT2D eigenvalue weighted by atomic mass is 9.76. The molecule has 0 unspecified atom stereocenters. The lowest BCUT2D eigenvalue weighted by Crippen LogP contribution is -2.37. The number of carboxylic acid groups (broad SMARTS) is 1. The summed E-state index contributed by atoms with van der Waals surface area (Å²) in [5, 5.41) is 26.2. The fraction of sp³-hybridized carbons (Fsp3) is 0. The molecule has 0 radical (unpaired) electrons. The molecule has 4 nitrogen and oxygen atoms in total. The molecule has 0 saturated heterocycles. The highest BCUT2D eigenvalue weighted by Gasteiger charge is 2.25. The molecule has 0 spiro atoms. The third kappa shape index (κ3) is 1.94. The Kier molecular flexibility index (Phi) is 3.25. The van der Waals surface area contributed by atoms with E-state index in [0.29, 0.717) is 0 Å². The standard InChI is InChI=1S/C7H5BBrFO4/c9-4-2-1-3(7(11)12)5(6(4)10)8(13)14/h1-2,13-14H,(H,11,12). The molecule has 0 bridgehead atoms. The normalized spacial score (nSPS) is 10.0. The molecule has 3 N–H and O–H groups in total. The molecule has 1 aromatic rings. The molecule has 0 aliphatic heterocycles. The van der Waals surface area contributed by atoms with Crippen LogP contribution in [0.4, 0.5) is 4.39 Å². The zero-order chi connectivity index (χ0) is 10.9. The summed E-state index contributed by atoms with van der Waals surface area (Å²) in [6, 6.07) is 2.27. The van der Waals surface area contributed by atoms with Crippen molar-refractivity contribution >= 4 is 34.5 Å². The fourth-order valence-electron chi connectivity index (χ4n) is 1.01. The Hall–Kier alpha value is -0.915. The number of rotatable bonds is 2. The van der Waals surface area contributed by atoms with Gasteiger partial charge in [0.05, 0.1) is 10.0 Å². The molecule has 0 fully saturated rings. The summed E-state index contributed by atoms with van der Waals surface area (Å²) in [6.07, 6.45) is 0. The van der Waals surface area contributed by atoms with Gasteiger partial charge in [-0.05, 0) is 28.1 Å². The van der Waals surface area contributed by atoms with Crippen LogP contribution in [0.3, 0.4) is 0 Å². The van der Waals surface area contributed by atoms with Gasteiger partial charge >= 0.3 is 13.1 Å². The summed E-state index contributed by atoms with van der Waals surface area (Å²) in [7, 11) is -2.15. The number of hydrogen-bond acceptors (Lipinski definition) is 3. The lowest BCUT2D eigenvalue weighted by Gasteiger charge is -2.07. The van der Waals surface area contributed by atoms with Gasteiger partial charge in [0.2, 0.25) is 0 Å². The van der Waals surface area contributed by atoms with E-state index in [9.17, 15) is 9.18 Å². The highest BCUT2D eigenvalue weighted by molar-refractivity contribution is 9.10. The molecule has 14 heavy (non-hydrogen) atoms. The van der Waals surface area contributed by atoms with Crippen molar-refractivity contribution in [3.63, 3.8) is 0 Å². The second kappa shape index (κ2) is 4.08. The maximum absolute atomic E-state index is 13.2. The first-order valence-electron chi connectivity index (χ1n) is 3.52. The molecule has 0 heterocycles. The van der Waals surface area contributed by atoms with Crippen molar-refractivity contribution in [1.29, 1.82) is 0 Å². The van der Waals surface area contributed by atoms with Gasteiger partial charge in [-0.1, -0.05) is 0 Å². The molecule has 0 aliphatic rings. The van der Waals surface area contributed by atoms with Crippen LogP contribution in [0.1, 0.15) is 10.4 Å². The van der Waals surface area contributed by atoms with Crippen molar-refractivity contribution in [2.45, 2.75) is 0 Å².